The quantitative estimate of drug-likeness (QED) is 0.529. The number of carbonyl (C=O) groups excluding carboxylic acids is 1. The molecule has 0 atom stereocenters. The van der Waals surface area contributed by atoms with Gasteiger partial charge in [-0.1, -0.05) is 6.07 Å². The Morgan fingerprint density at radius 2 is 2.15 bits per heavy atom. The molecule has 2 N–H and O–H groups in total. The van der Waals surface area contributed by atoms with Crippen molar-refractivity contribution in [3.63, 3.8) is 0 Å². The fourth-order valence-electron chi connectivity index (χ4n) is 0.943. The van der Waals surface area contributed by atoms with E-state index in [9.17, 15) is 4.79 Å². The first-order chi connectivity index (χ1) is 6.22. The maximum atomic E-state index is 10.7. The van der Waals surface area contributed by atoms with E-state index in [1.165, 1.54) is 6.92 Å². The SMILES string of the molecule is CC(=O)Nc1cccc(NC#N)c1. The molecule has 66 valence electrons. The first kappa shape index (κ1) is 9.07. The highest BCUT2D eigenvalue weighted by atomic mass is 16.1. The minimum Gasteiger partial charge on any atom is -0.326 e. The van der Waals surface area contributed by atoms with Crippen molar-refractivity contribution < 1.29 is 4.79 Å². The monoisotopic (exact) mass is 175 g/mol. The molecule has 0 aliphatic rings. The summed E-state index contributed by atoms with van der Waals surface area (Å²) in [4.78, 5) is 10.7. The molecule has 1 aromatic rings. The fourth-order valence-corrected chi connectivity index (χ4v) is 0.943. The Balaban J connectivity index is 2.80. The average molecular weight is 175 g/mol. The molecular weight excluding hydrogens is 166 g/mol. The minimum atomic E-state index is -0.130. The summed E-state index contributed by atoms with van der Waals surface area (Å²) in [6, 6.07) is 6.94. The van der Waals surface area contributed by atoms with Gasteiger partial charge in [-0.15, -0.1) is 0 Å². The number of nitrogens with zero attached hydrogens (tertiary/aromatic N) is 1. The number of nitrogens with one attached hydrogen (secondary N) is 2. The van der Waals surface area contributed by atoms with Gasteiger partial charge in [-0.2, -0.15) is 5.26 Å². The van der Waals surface area contributed by atoms with Crippen LogP contribution in [-0.2, 0) is 4.79 Å². The molecule has 0 spiro atoms. The van der Waals surface area contributed by atoms with Crippen molar-refractivity contribution in [3.05, 3.63) is 24.3 Å². The number of hydrogen-bond donors (Lipinski definition) is 2. The zero-order valence-electron chi connectivity index (χ0n) is 7.16. The van der Waals surface area contributed by atoms with Gasteiger partial charge in [0.05, 0.1) is 0 Å². The summed E-state index contributed by atoms with van der Waals surface area (Å²) in [5.41, 5.74) is 1.33. The van der Waals surface area contributed by atoms with Crippen LogP contribution < -0.4 is 10.6 Å². The van der Waals surface area contributed by atoms with Gasteiger partial charge in [-0.05, 0) is 18.2 Å². The third kappa shape index (κ3) is 2.83. The van der Waals surface area contributed by atoms with Gasteiger partial charge in [-0.3, -0.25) is 10.1 Å². The fraction of sp³-hybridized carbons (Fsp3) is 0.111. The molecule has 1 amide bonds. The Morgan fingerprint density at radius 1 is 1.46 bits per heavy atom. The van der Waals surface area contributed by atoms with Crippen molar-refractivity contribution in [3.8, 4) is 6.19 Å². The Kier molecular flexibility index (Phi) is 2.87. The Morgan fingerprint density at radius 3 is 2.77 bits per heavy atom. The van der Waals surface area contributed by atoms with Crippen LogP contribution in [0.4, 0.5) is 11.4 Å². The first-order valence-corrected chi connectivity index (χ1v) is 3.75. The van der Waals surface area contributed by atoms with Crippen LogP contribution in [0.2, 0.25) is 0 Å². The molecule has 0 saturated heterocycles. The summed E-state index contributed by atoms with van der Waals surface area (Å²) >= 11 is 0. The van der Waals surface area contributed by atoms with Gasteiger partial charge in [0.1, 0.15) is 0 Å². The largest absolute Gasteiger partial charge is 0.326 e. The molecular formula is C9H9N3O. The molecule has 0 aromatic heterocycles. The summed E-state index contributed by atoms with van der Waals surface area (Å²) in [5.74, 6) is -0.130. The van der Waals surface area contributed by atoms with Crippen LogP contribution in [-0.4, -0.2) is 5.91 Å². The van der Waals surface area contributed by atoms with E-state index in [1.54, 1.807) is 30.5 Å². The van der Waals surface area contributed by atoms with Gasteiger partial charge < -0.3 is 5.32 Å². The Bertz CT molecular complexity index is 354. The lowest BCUT2D eigenvalue weighted by atomic mass is 10.3. The van der Waals surface area contributed by atoms with E-state index < -0.39 is 0 Å². The lowest BCUT2D eigenvalue weighted by Crippen LogP contribution is -2.05. The van der Waals surface area contributed by atoms with Gasteiger partial charge >= 0.3 is 0 Å². The van der Waals surface area contributed by atoms with Gasteiger partial charge in [-0.25, -0.2) is 0 Å². The molecule has 4 heteroatoms. The zero-order valence-corrected chi connectivity index (χ0v) is 7.16. The topological polar surface area (TPSA) is 64.9 Å². The maximum absolute atomic E-state index is 10.7. The third-order valence-electron chi connectivity index (χ3n) is 1.38. The maximum Gasteiger partial charge on any atom is 0.221 e. The molecule has 0 bridgehead atoms. The van der Waals surface area contributed by atoms with Gasteiger partial charge in [0.15, 0.2) is 6.19 Å². The van der Waals surface area contributed by atoms with E-state index in [0.717, 1.165) is 0 Å². The van der Waals surface area contributed by atoms with Crippen LogP contribution in [0.3, 0.4) is 0 Å². The number of hydrogen-bond acceptors (Lipinski definition) is 3. The molecule has 1 aromatic carbocycles. The van der Waals surface area contributed by atoms with Gasteiger partial charge in [0.2, 0.25) is 5.91 Å². The molecule has 0 aliphatic heterocycles. The van der Waals surface area contributed by atoms with Crippen LogP contribution in [0.25, 0.3) is 0 Å². The zero-order chi connectivity index (χ0) is 9.68. The number of amides is 1. The van der Waals surface area contributed by atoms with Crippen molar-refractivity contribution in [2.45, 2.75) is 6.92 Å². The predicted octanol–water partition coefficient (Wildman–Crippen LogP) is 1.54. The molecule has 13 heavy (non-hydrogen) atoms. The van der Waals surface area contributed by atoms with Crippen molar-refractivity contribution in [2.75, 3.05) is 10.6 Å². The summed E-state index contributed by atoms with van der Waals surface area (Å²) in [6.45, 7) is 1.43. The van der Waals surface area contributed by atoms with Gasteiger partial charge in [0.25, 0.3) is 0 Å². The highest BCUT2D eigenvalue weighted by Crippen LogP contribution is 2.14. The second-order valence-electron chi connectivity index (χ2n) is 2.50. The molecule has 0 radical (unpaired) electrons. The normalized spacial score (nSPS) is 8.62. The van der Waals surface area contributed by atoms with E-state index in [4.69, 9.17) is 5.26 Å². The summed E-state index contributed by atoms with van der Waals surface area (Å²) < 4.78 is 0. The number of rotatable bonds is 2. The molecule has 0 heterocycles. The highest BCUT2D eigenvalue weighted by Gasteiger charge is 1.95. The lowest BCUT2D eigenvalue weighted by molar-refractivity contribution is -0.114. The molecule has 0 saturated carbocycles. The summed E-state index contributed by atoms with van der Waals surface area (Å²) in [6.07, 6.45) is 1.80. The van der Waals surface area contributed by atoms with Crippen molar-refractivity contribution in [1.29, 1.82) is 5.26 Å². The van der Waals surface area contributed by atoms with Crippen LogP contribution in [0.15, 0.2) is 24.3 Å². The molecule has 0 fully saturated rings. The number of anilines is 2. The van der Waals surface area contributed by atoms with Crippen LogP contribution >= 0.6 is 0 Å². The summed E-state index contributed by atoms with van der Waals surface area (Å²) in [7, 11) is 0. The second-order valence-corrected chi connectivity index (χ2v) is 2.50. The van der Waals surface area contributed by atoms with E-state index in [1.807, 2.05) is 0 Å². The Labute approximate surface area is 76.2 Å². The molecule has 0 unspecified atom stereocenters. The average Bonchev–Trinajstić information content (AvgIpc) is 2.04. The van der Waals surface area contributed by atoms with Crippen molar-refractivity contribution in [1.82, 2.24) is 0 Å². The third-order valence-corrected chi connectivity index (χ3v) is 1.38. The van der Waals surface area contributed by atoms with Crippen LogP contribution in [0, 0.1) is 11.5 Å². The number of benzene rings is 1. The van der Waals surface area contributed by atoms with Gasteiger partial charge in [0, 0.05) is 18.3 Å². The van der Waals surface area contributed by atoms with E-state index in [-0.39, 0.29) is 5.91 Å². The van der Waals surface area contributed by atoms with E-state index in [2.05, 4.69) is 10.6 Å². The molecule has 0 aliphatic carbocycles. The smallest absolute Gasteiger partial charge is 0.221 e. The second kappa shape index (κ2) is 4.12. The number of carbonyl (C=O) groups is 1. The van der Waals surface area contributed by atoms with Crippen molar-refractivity contribution >= 4 is 17.3 Å². The molecule has 1 rings (SSSR count). The number of nitriles is 1. The highest BCUT2D eigenvalue weighted by molar-refractivity contribution is 5.89. The van der Waals surface area contributed by atoms with Crippen LogP contribution in [0.1, 0.15) is 6.92 Å². The lowest BCUT2D eigenvalue weighted by Gasteiger charge is -2.03. The van der Waals surface area contributed by atoms with Crippen molar-refractivity contribution in [2.24, 2.45) is 0 Å². The molecule has 4 nitrogen and oxygen atoms in total. The minimum absolute atomic E-state index is 0.130. The van der Waals surface area contributed by atoms with E-state index in [0.29, 0.717) is 11.4 Å². The predicted molar refractivity (Wildman–Crippen MR) is 50.0 cm³/mol. The van der Waals surface area contributed by atoms with Crippen LogP contribution in [0.5, 0.6) is 0 Å². The first-order valence-electron chi connectivity index (χ1n) is 3.75. The summed E-state index contributed by atoms with van der Waals surface area (Å²) in [5, 5.41) is 13.4. The standard InChI is InChI=1S/C9H9N3O/c1-7(13)12-9-4-2-3-8(5-9)11-6-10/h2-5,11H,1H3,(H,12,13). The van der Waals surface area contributed by atoms with E-state index >= 15 is 0 Å². The Hall–Kier alpha value is -2.02.